The van der Waals surface area contributed by atoms with Gasteiger partial charge >= 0.3 is 6.03 Å². The topological polar surface area (TPSA) is 92.3 Å². The van der Waals surface area contributed by atoms with Gasteiger partial charge in [-0.3, -0.25) is 25.0 Å². The number of carbonyl (C=O) groups is 4. The van der Waals surface area contributed by atoms with Crippen LogP contribution in [0.4, 0.5) is 4.79 Å². The zero-order chi connectivity index (χ0) is 12.3. The van der Waals surface area contributed by atoms with Gasteiger partial charge in [-0.25, -0.2) is 4.79 Å². The van der Waals surface area contributed by atoms with E-state index in [-0.39, 0.29) is 24.5 Å². The van der Waals surface area contributed by atoms with Gasteiger partial charge in [-0.05, 0) is 6.42 Å². The van der Waals surface area contributed by atoms with Gasteiger partial charge < -0.3 is 0 Å². The average molecular weight is 226 g/mol. The Labute approximate surface area is 92.8 Å². The third kappa shape index (κ3) is 2.88. The first kappa shape index (κ1) is 12.4. The number of hydrogen-bond acceptors (Lipinski definition) is 4. The van der Waals surface area contributed by atoms with Crippen LogP contribution >= 0.6 is 0 Å². The number of hydrogen-bond donors (Lipinski definition) is 2. The molecule has 0 unspecified atom stereocenters. The van der Waals surface area contributed by atoms with E-state index in [2.05, 4.69) is 0 Å². The molecule has 1 fully saturated rings. The van der Waals surface area contributed by atoms with E-state index in [0.29, 0.717) is 0 Å². The monoisotopic (exact) mass is 226 g/mol. The maximum atomic E-state index is 11.3. The average Bonchev–Trinajstić information content (AvgIpc) is 2.15. The lowest BCUT2D eigenvalue weighted by atomic mass is 9.95. The number of nitrogens with one attached hydrogen (secondary N) is 2. The van der Waals surface area contributed by atoms with Gasteiger partial charge in [0, 0.05) is 12.3 Å². The number of ketones is 1. The Hall–Kier alpha value is -1.72. The molecule has 0 radical (unpaired) electrons. The second kappa shape index (κ2) is 4.87. The van der Waals surface area contributed by atoms with Crippen molar-refractivity contribution in [3.63, 3.8) is 0 Å². The van der Waals surface area contributed by atoms with Crippen molar-refractivity contribution in [2.75, 3.05) is 0 Å². The van der Waals surface area contributed by atoms with Crippen LogP contribution in [0.5, 0.6) is 0 Å². The van der Waals surface area contributed by atoms with Crippen LogP contribution in [0.1, 0.15) is 26.7 Å². The van der Waals surface area contributed by atoms with Gasteiger partial charge in [0.05, 0.1) is 0 Å². The Balaban J connectivity index is 2.54. The molecule has 1 heterocycles. The van der Waals surface area contributed by atoms with E-state index in [1.54, 1.807) is 13.8 Å². The number of barbiturate groups is 1. The van der Waals surface area contributed by atoms with E-state index in [4.69, 9.17) is 0 Å². The maximum absolute atomic E-state index is 11.3. The molecule has 1 aliphatic rings. The Morgan fingerprint density at radius 1 is 1.19 bits per heavy atom. The molecule has 0 saturated carbocycles. The van der Waals surface area contributed by atoms with Gasteiger partial charge in [0.1, 0.15) is 11.7 Å². The summed E-state index contributed by atoms with van der Waals surface area (Å²) in [6, 6.07) is -0.804. The molecular weight excluding hydrogens is 212 g/mol. The van der Waals surface area contributed by atoms with Crippen molar-refractivity contribution in [1.82, 2.24) is 10.6 Å². The number of urea groups is 1. The summed E-state index contributed by atoms with van der Waals surface area (Å²) in [6.45, 7) is 3.51. The highest BCUT2D eigenvalue weighted by atomic mass is 16.2. The summed E-state index contributed by atoms with van der Waals surface area (Å²) in [5.41, 5.74) is 0. The molecule has 6 heteroatoms. The smallest absolute Gasteiger partial charge is 0.299 e. The van der Waals surface area contributed by atoms with Crippen LogP contribution in [0.25, 0.3) is 0 Å². The van der Waals surface area contributed by atoms with Crippen molar-refractivity contribution in [2.24, 2.45) is 11.8 Å². The zero-order valence-electron chi connectivity index (χ0n) is 9.20. The first-order valence-corrected chi connectivity index (χ1v) is 5.10. The lowest BCUT2D eigenvalue weighted by Crippen LogP contribution is -2.55. The largest absolute Gasteiger partial charge is 0.328 e. The fourth-order valence-corrected chi connectivity index (χ4v) is 1.39. The second-order valence-corrected chi connectivity index (χ2v) is 4.02. The molecule has 2 N–H and O–H groups in total. The summed E-state index contributed by atoms with van der Waals surface area (Å²) in [7, 11) is 0. The molecule has 1 saturated heterocycles. The Morgan fingerprint density at radius 2 is 1.69 bits per heavy atom. The molecule has 0 aromatic heterocycles. The Bertz CT molecular complexity index is 329. The van der Waals surface area contributed by atoms with Crippen LogP contribution < -0.4 is 10.6 Å². The van der Waals surface area contributed by atoms with E-state index in [1.807, 2.05) is 10.6 Å². The number of amides is 4. The molecule has 1 rings (SSSR count). The summed E-state index contributed by atoms with van der Waals surface area (Å²) in [5, 5.41) is 3.98. The van der Waals surface area contributed by atoms with E-state index >= 15 is 0 Å². The lowest BCUT2D eigenvalue weighted by molar-refractivity contribution is -0.136. The maximum Gasteiger partial charge on any atom is 0.328 e. The van der Waals surface area contributed by atoms with Crippen molar-refractivity contribution in [1.29, 1.82) is 0 Å². The molecule has 6 nitrogen and oxygen atoms in total. The zero-order valence-corrected chi connectivity index (χ0v) is 9.20. The molecule has 16 heavy (non-hydrogen) atoms. The SMILES string of the molecule is CC(C)C(=O)CCC1C(=O)NC(=O)NC1=O. The minimum Gasteiger partial charge on any atom is -0.299 e. The standard InChI is InChI=1S/C10H14N2O4/c1-5(2)7(13)4-3-6-8(14)11-10(16)12-9(6)15/h5-6H,3-4H2,1-2H3,(H2,11,12,14,15,16). The summed E-state index contributed by atoms with van der Waals surface area (Å²) < 4.78 is 0. The molecule has 0 bridgehead atoms. The molecular formula is C10H14N2O4. The van der Waals surface area contributed by atoms with Gasteiger partial charge in [-0.15, -0.1) is 0 Å². The summed E-state index contributed by atoms with van der Waals surface area (Å²) in [5.74, 6) is -2.33. The van der Waals surface area contributed by atoms with Crippen molar-refractivity contribution >= 4 is 23.6 Å². The predicted molar refractivity (Wildman–Crippen MR) is 54.3 cm³/mol. The molecule has 0 spiro atoms. The predicted octanol–water partition coefficient (Wildman–Crippen LogP) is -0.0261. The molecule has 0 atom stereocenters. The third-order valence-corrected chi connectivity index (χ3v) is 2.43. The molecule has 4 amide bonds. The highest BCUT2D eigenvalue weighted by molar-refractivity contribution is 6.16. The van der Waals surface area contributed by atoms with Crippen LogP contribution in [-0.2, 0) is 14.4 Å². The fourth-order valence-electron chi connectivity index (χ4n) is 1.39. The summed E-state index contributed by atoms with van der Waals surface area (Å²) >= 11 is 0. The minimum absolute atomic E-state index is 0.00231. The highest BCUT2D eigenvalue weighted by Crippen LogP contribution is 2.12. The lowest BCUT2D eigenvalue weighted by Gasteiger charge is -2.20. The molecule has 0 aromatic rings. The molecule has 0 aliphatic carbocycles. The van der Waals surface area contributed by atoms with Crippen LogP contribution in [0.2, 0.25) is 0 Å². The van der Waals surface area contributed by atoms with Crippen molar-refractivity contribution in [3.8, 4) is 0 Å². The van der Waals surface area contributed by atoms with Crippen molar-refractivity contribution in [2.45, 2.75) is 26.7 Å². The number of imide groups is 2. The van der Waals surface area contributed by atoms with Crippen LogP contribution in [0.15, 0.2) is 0 Å². The number of rotatable bonds is 4. The van der Waals surface area contributed by atoms with Crippen LogP contribution in [0, 0.1) is 11.8 Å². The highest BCUT2D eigenvalue weighted by Gasteiger charge is 2.34. The third-order valence-electron chi connectivity index (χ3n) is 2.43. The van der Waals surface area contributed by atoms with Crippen molar-refractivity contribution in [3.05, 3.63) is 0 Å². The van der Waals surface area contributed by atoms with E-state index in [9.17, 15) is 19.2 Å². The number of Topliss-reactive ketones (excluding diaryl/α,β-unsaturated/α-hetero) is 1. The Morgan fingerprint density at radius 3 is 2.12 bits per heavy atom. The van der Waals surface area contributed by atoms with Gasteiger partial charge in [-0.2, -0.15) is 0 Å². The molecule has 1 aliphatic heterocycles. The van der Waals surface area contributed by atoms with Gasteiger partial charge in [0.2, 0.25) is 11.8 Å². The fraction of sp³-hybridized carbons (Fsp3) is 0.600. The summed E-state index contributed by atoms with van der Waals surface area (Å²) in [4.78, 5) is 44.7. The van der Waals surface area contributed by atoms with E-state index in [0.717, 1.165) is 0 Å². The number of carbonyl (C=O) groups excluding carboxylic acids is 4. The van der Waals surface area contributed by atoms with Crippen LogP contribution in [-0.4, -0.2) is 23.6 Å². The first-order valence-electron chi connectivity index (χ1n) is 5.10. The van der Waals surface area contributed by atoms with Gasteiger partial charge in [0.15, 0.2) is 0 Å². The van der Waals surface area contributed by atoms with Crippen molar-refractivity contribution < 1.29 is 19.2 Å². The van der Waals surface area contributed by atoms with Gasteiger partial charge in [-0.1, -0.05) is 13.8 Å². The molecule has 0 aromatic carbocycles. The van der Waals surface area contributed by atoms with E-state index < -0.39 is 23.8 Å². The van der Waals surface area contributed by atoms with Crippen LogP contribution in [0.3, 0.4) is 0 Å². The molecule has 88 valence electrons. The Kier molecular flexibility index (Phi) is 3.76. The summed E-state index contributed by atoms with van der Waals surface area (Å²) in [6.07, 6.45) is 0.305. The normalized spacial score (nSPS) is 17.3. The second-order valence-electron chi connectivity index (χ2n) is 4.02. The first-order chi connectivity index (χ1) is 7.41. The minimum atomic E-state index is -0.944. The van der Waals surface area contributed by atoms with Gasteiger partial charge in [0.25, 0.3) is 0 Å². The quantitative estimate of drug-likeness (QED) is 0.658. The van der Waals surface area contributed by atoms with E-state index in [1.165, 1.54) is 0 Å².